The molecule has 0 spiro atoms. The molecule has 0 bridgehead atoms. The van der Waals surface area contributed by atoms with E-state index in [0.29, 0.717) is 11.7 Å². The minimum atomic E-state index is 0.495. The molecule has 0 atom stereocenters. The van der Waals surface area contributed by atoms with Crippen molar-refractivity contribution in [2.45, 2.75) is 0 Å². The molecule has 2 heterocycles. The monoisotopic (exact) mass is 249 g/mol. The Kier molecular flexibility index (Phi) is 3.14. The number of aromatic nitrogens is 3. The van der Waals surface area contributed by atoms with Crippen molar-refractivity contribution in [3.8, 4) is 11.5 Å². The molecule has 0 aliphatic carbocycles. The van der Waals surface area contributed by atoms with Crippen LogP contribution in [0, 0.1) is 0 Å². The SMILES string of the molecule is C(=C\c1noc(-c2ccncc2)n1)/c1ccccc1. The molecule has 19 heavy (non-hydrogen) atoms. The number of hydrogen-bond acceptors (Lipinski definition) is 4. The molecule has 3 rings (SSSR count). The Hall–Kier alpha value is -2.75. The average molecular weight is 249 g/mol. The molecule has 0 saturated heterocycles. The molecule has 92 valence electrons. The van der Waals surface area contributed by atoms with E-state index < -0.39 is 0 Å². The van der Waals surface area contributed by atoms with E-state index in [0.717, 1.165) is 11.1 Å². The fraction of sp³-hybridized carbons (Fsp3) is 0. The molecule has 0 unspecified atom stereocenters. The van der Waals surface area contributed by atoms with Crippen molar-refractivity contribution >= 4 is 12.2 Å². The summed E-state index contributed by atoms with van der Waals surface area (Å²) in [7, 11) is 0. The van der Waals surface area contributed by atoms with Crippen LogP contribution in [0.15, 0.2) is 59.4 Å². The molecule has 0 saturated carbocycles. The van der Waals surface area contributed by atoms with Gasteiger partial charge < -0.3 is 4.52 Å². The van der Waals surface area contributed by atoms with Crippen LogP contribution in [0.5, 0.6) is 0 Å². The van der Waals surface area contributed by atoms with Crippen LogP contribution in [0.4, 0.5) is 0 Å². The summed E-state index contributed by atoms with van der Waals surface area (Å²) in [6.07, 6.45) is 7.16. The quantitative estimate of drug-likeness (QED) is 0.714. The number of hydrogen-bond donors (Lipinski definition) is 0. The van der Waals surface area contributed by atoms with Gasteiger partial charge in [0.05, 0.1) is 0 Å². The molecule has 4 nitrogen and oxygen atoms in total. The smallest absolute Gasteiger partial charge is 0.258 e. The van der Waals surface area contributed by atoms with Gasteiger partial charge in [-0.25, -0.2) is 0 Å². The van der Waals surface area contributed by atoms with Crippen molar-refractivity contribution in [3.05, 3.63) is 66.2 Å². The van der Waals surface area contributed by atoms with Crippen LogP contribution in [0.2, 0.25) is 0 Å². The number of rotatable bonds is 3. The van der Waals surface area contributed by atoms with Gasteiger partial charge in [-0.2, -0.15) is 4.98 Å². The largest absolute Gasteiger partial charge is 0.334 e. The van der Waals surface area contributed by atoms with Gasteiger partial charge in [0.25, 0.3) is 5.89 Å². The fourth-order valence-electron chi connectivity index (χ4n) is 1.65. The summed E-state index contributed by atoms with van der Waals surface area (Å²) in [5.41, 5.74) is 1.96. The van der Waals surface area contributed by atoms with Gasteiger partial charge in [0, 0.05) is 18.0 Å². The lowest BCUT2D eigenvalue weighted by Gasteiger charge is -1.90. The van der Waals surface area contributed by atoms with Crippen LogP contribution in [0.25, 0.3) is 23.6 Å². The van der Waals surface area contributed by atoms with Crippen molar-refractivity contribution in [1.29, 1.82) is 0 Å². The lowest BCUT2D eigenvalue weighted by atomic mass is 10.2. The molecule has 2 aromatic heterocycles. The topological polar surface area (TPSA) is 51.8 Å². The van der Waals surface area contributed by atoms with Crippen molar-refractivity contribution in [3.63, 3.8) is 0 Å². The summed E-state index contributed by atoms with van der Waals surface area (Å²) in [4.78, 5) is 8.25. The Morgan fingerprint density at radius 2 is 1.68 bits per heavy atom. The van der Waals surface area contributed by atoms with Gasteiger partial charge >= 0.3 is 0 Å². The summed E-state index contributed by atoms with van der Waals surface area (Å²) in [5, 5.41) is 3.91. The van der Waals surface area contributed by atoms with E-state index in [2.05, 4.69) is 15.1 Å². The van der Waals surface area contributed by atoms with Gasteiger partial charge in [0.2, 0.25) is 0 Å². The minimum Gasteiger partial charge on any atom is -0.334 e. The number of benzene rings is 1. The Labute approximate surface area is 110 Å². The summed E-state index contributed by atoms with van der Waals surface area (Å²) in [5.74, 6) is 1.05. The second-order valence-electron chi connectivity index (χ2n) is 3.94. The van der Waals surface area contributed by atoms with E-state index in [1.54, 1.807) is 12.4 Å². The predicted octanol–water partition coefficient (Wildman–Crippen LogP) is 3.30. The summed E-state index contributed by atoms with van der Waals surface area (Å²) in [6, 6.07) is 13.6. The van der Waals surface area contributed by atoms with Crippen LogP contribution in [-0.4, -0.2) is 15.1 Å². The molecule has 0 aliphatic heterocycles. The first-order chi connectivity index (χ1) is 9.42. The predicted molar refractivity (Wildman–Crippen MR) is 72.9 cm³/mol. The van der Waals surface area contributed by atoms with E-state index in [4.69, 9.17) is 4.52 Å². The van der Waals surface area contributed by atoms with Gasteiger partial charge in [0.15, 0.2) is 5.82 Å². The van der Waals surface area contributed by atoms with Crippen LogP contribution in [0.3, 0.4) is 0 Å². The highest BCUT2D eigenvalue weighted by Gasteiger charge is 2.05. The summed E-state index contributed by atoms with van der Waals surface area (Å²) < 4.78 is 5.20. The first-order valence-electron chi connectivity index (χ1n) is 5.89. The third-order valence-corrected chi connectivity index (χ3v) is 2.59. The van der Waals surface area contributed by atoms with Crippen molar-refractivity contribution < 1.29 is 4.52 Å². The Morgan fingerprint density at radius 3 is 2.47 bits per heavy atom. The fourth-order valence-corrected chi connectivity index (χ4v) is 1.65. The summed E-state index contributed by atoms with van der Waals surface area (Å²) in [6.45, 7) is 0. The molecular formula is C15H11N3O. The molecule has 0 aliphatic rings. The lowest BCUT2D eigenvalue weighted by molar-refractivity contribution is 0.428. The zero-order chi connectivity index (χ0) is 12.9. The highest BCUT2D eigenvalue weighted by Crippen LogP contribution is 2.16. The van der Waals surface area contributed by atoms with E-state index in [9.17, 15) is 0 Å². The molecular weight excluding hydrogens is 238 g/mol. The van der Waals surface area contributed by atoms with E-state index in [-0.39, 0.29) is 0 Å². The van der Waals surface area contributed by atoms with Crippen LogP contribution < -0.4 is 0 Å². The number of nitrogens with zero attached hydrogens (tertiary/aromatic N) is 3. The third kappa shape index (κ3) is 2.74. The Balaban J connectivity index is 1.81. The van der Waals surface area contributed by atoms with Gasteiger partial charge in [-0.15, -0.1) is 0 Å². The highest BCUT2D eigenvalue weighted by atomic mass is 16.5. The maximum Gasteiger partial charge on any atom is 0.258 e. The van der Waals surface area contributed by atoms with Crippen molar-refractivity contribution in [1.82, 2.24) is 15.1 Å². The van der Waals surface area contributed by atoms with Crippen molar-refractivity contribution in [2.24, 2.45) is 0 Å². The average Bonchev–Trinajstić information content (AvgIpc) is 2.96. The van der Waals surface area contributed by atoms with Crippen LogP contribution >= 0.6 is 0 Å². The molecule has 0 N–H and O–H groups in total. The normalized spacial score (nSPS) is 10.9. The first kappa shape index (κ1) is 11.3. The molecule has 3 aromatic rings. The van der Waals surface area contributed by atoms with E-state index in [1.807, 2.05) is 54.6 Å². The summed E-state index contributed by atoms with van der Waals surface area (Å²) >= 11 is 0. The van der Waals surface area contributed by atoms with Crippen LogP contribution in [-0.2, 0) is 0 Å². The second-order valence-corrected chi connectivity index (χ2v) is 3.94. The molecule has 1 aromatic carbocycles. The minimum absolute atomic E-state index is 0.495. The molecule has 0 radical (unpaired) electrons. The zero-order valence-corrected chi connectivity index (χ0v) is 10.1. The Morgan fingerprint density at radius 1 is 0.895 bits per heavy atom. The van der Waals surface area contributed by atoms with Gasteiger partial charge in [-0.3, -0.25) is 4.98 Å². The van der Waals surface area contributed by atoms with Crippen molar-refractivity contribution in [2.75, 3.05) is 0 Å². The van der Waals surface area contributed by atoms with Gasteiger partial charge in [-0.05, 0) is 23.8 Å². The van der Waals surface area contributed by atoms with E-state index >= 15 is 0 Å². The molecule has 0 amide bonds. The molecule has 4 heteroatoms. The van der Waals surface area contributed by atoms with Crippen LogP contribution in [0.1, 0.15) is 11.4 Å². The molecule has 0 fully saturated rings. The lowest BCUT2D eigenvalue weighted by Crippen LogP contribution is -1.78. The van der Waals surface area contributed by atoms with Gasteiger partial charge in [-0.1, -0.05) is 41.6 Å². The maximum atomic E-state index is 5.20. The third-order valence-electron chi connectivity index (χ3n) is 2.59. The number of pyridine rings is 1. The standard InChI is InChI=1S/C15H11N3O/c1-2-4-12(5-3-1)6-7-14-17-15(19-18-14)13-8-10-16-11-9-13/h1-11H/b7-6+. The maximum absolute atomic E-state index is 5.20. The first-order valence-corrected chi connectivity index (χ1v) is 5.89. The zero-order valence-electron chi connectivity index (χ0n) is 10.1. The van der Waals surface area contributed by atoms with E-state index in [1.165, 1.54) is 0 Å². The second kappa shape index (κ2) is 5.27. The Bertz CT molecular complexity index is 675. The van der Waals surface area contributed by atoms with Gasteiger partial charge in [0.1, 0.15) is 0 Å². The highest BCUT2D eigenvalue weighted by molar-refractivity contribution is 5.67.